The zero-order valence-corrected chi connectivity index (χ0v) is 13.1. The molecule has 0 radical (unpaired) electrons. The molecule has 0 atom stereocenters. The fourth-order valence-electron chi connectivity index (χ4n) is 1.85. The summed E-state index contributed by atoms with van der Waals surface area (Å²) in [7, 11) is 0. The Labute approximate surface area is 135 Å². The molecule has 5 heteroatoms. The third-order valence-electron chi connectivity index (χ3n) is 2.92. The fourth-order valence-corrected chi connectivity index (χ4v) is 2.03. The molecule has 22 heavy (non-hydrogen) atoms. The Bertz CT molecular complexity index is 631. The van der Waals surface area contributed by atoms with Crippen molar-refractivity contribution in [2.24, 2.45) is 0 Å². The first kappa shape index (κ1) is 16.3. The number of hydrogen-bond donors (Lipinski definition) is 1. The molecule has 116 valence electrons. The molecule has 1 N–H and O–H groups in total. The van der Waals surface area contributed by atoms with Crippen LogP contribution in [0.25, 0.3) is 0 Å². The minimum atomic E-state index is -0.233. The lowest BCUT2D eigenvalue weighted by Gasteiger charge is -2.09. The maximum absolute atomic E-state index is 12.2. The van der Waals surface area contributed by atoms with Gasteiger partial charge in [-0.25, -0.2) is 0 Å². The van der Waals surface area contributed by atoms with Crippen LogP contribution in [0.3, 0.4) is 0 Å². The summed E-state index contributed by atoms with van der Waals surface area (Å²) in [4.78, 5) is 12.2. The summed E-state index contributed by atoms with van der Waals surface area (Å²) < 4.78 is 10.7. The van der Waals surface area contributed by atoms with E-state index in [-0.39, 0.29) is 5.91 Å². The topological polar surface area (TPSA) is 47.6 Å². The van der Waals surface area contributed by atoms with Crippen molar-refractivity contribution in [1.82, 2.24) is 0 Å². The Morgan fingerprint density at radius 2 is 1.95 bits per heavy atom. The Kier molecular flexibility index (Phi) is 6.25. The summed E-state index contributed by atoms with van der Waals surface area (Å²) in [6.07, 6.45) is 0. The first-order valence-electron chi connectivity index (χ1n) is 7.07. The summed E-state index contributed by atoms with van der Waals surface area (Å²) in [6, 6.07) is 14.1. The minimum absolute atomic E-state index is 0.233. The van der Waals surface area contributed by atoms with Gasteiger partial charge in [0.25, 0.3) is 5.91 Å². The van der Waals surface area contributed by atoms with E-state index in [1.54, 1.807) is 36.4 Å². The van der Waals surface area contributed by atoms with Gasteiger partial charge in [0, 0.05) is 12.2 Å². The molecule has 0 aliphatic heterocycles. The van der Waals surface area contributed by atoms with Crippen LogP contribution >= 0.6 is 11.6 Å². The molecule has 0 aliphatic carbocycles. The van der Waals surface area contributed by atoms with Crippen LogP contribution in [-0.4, -0.2) is 25.7 Å². The molecule has 0 spiro atoms. The van der Waals surface area contributed by atoms with Crippen LogP contribution in [0, 0.1) is 0 Å². The molecule has 1 amide bonds. The highest BCUT2D eigenvalue weighted by molar-refractivity contribution is 6.33. The number of carbonyl (C=O) groups excluding carboxylic acids is 1. The van der Waals surface area contributed by atoms with Crippen LogP contribution in [-0.2, 0) is 4.74 Å². The molecule has 0 aromatic heterocycles. The van der Waals surface area contributed by atoms with Crippen molar-refractivity contribution in [3.05, 3.63) is 59.1 Å². The summed E-state index contributed by atoms with van der Waals surface area (Å²) >= 11 is 6.03. The summed E-state index contributed by atoms with van der Waals surface area (Å²) in [6.45, 7) is 3.55. The van der Waals surface area contributed by atoms with Gasteiger partial charge in [0.1, 0.15) is 12.4 Å². The van der Waals surface area contributed by atoms with Crippen LogP contribution in [0.2, 0.25) is 5.02 Å². The van der Waals surface area contributed by atoms with Gasteiger partial charge in [0.05, 0.1) is 17.3 Å². The van der Waals surface area contributed by atoms with Crippen molar-refractivity contribution >= 4 is 23.2 Å². The van der Waals surface area contributed by atoms with Crippen molar-refractivity contribution in [1.29, 1.82) is 0 Å². The van der Waals surface area contributed by atoms with Crippen molar-refractivity contribution in [2.75, 3.05) is 25.1 Å². The second-order valence-electron chi connectivity index (χ2n) is 4.51. The van der Waals surface area contributed by atoms with E-state index >= 15 is 0 Å². The van der Waals surface area contributed by atoms with Gasteiger partial charge in [-0.3, -0.25) is 4.79 Å². The van der Waals surface area contributed by atoms with Gasteiger partial charge in [0.15, 0.2) is 0 Å². The first-order chi connectivity index (χ1) is 10.7. The lowest BCUT2D eigenvalue weighted by Crippen LogP contribution is -2.12. The lowest BCUT2D eigenvalue weighted by molar-refractivity contribution is 0.102. The molecule has 0 saturated heterocycles. The van der Waals surface area contributed by atoms with Crippen LogP contribution in [0.15, 0.2) is 48.5 Å². The van der Waals surface area contributed by atoms with Gasteiger partial charge in [0.2, 0.25) is 0 Å². The number of hydrogen-bond acceptors (Lipinski definition) is 3. The van der Waals surface area contributed by atoms with Gasteiger partial charge in [-0.15, -0.1) is 0 Å². The van der Waals surface area contributed by atoms with E-state index in [0.29, 0.717) is 41.8 Å². The number of rotatable bonds is 7. The van der Waals surface area contributed by atoms with E-state index in [2.05, 4.69) is 5.32 Å². The summed E-state index contributed by atoms with van der Waals surface area (Å²) in [5.41, 5.74) is 1.09. The molecular weight excluding hydrogens is 302 g/mol. The predicted octanol–water partition coefficient (Wildman–Crippen LogP) is 4.01. The number of carbonyl (C=O) groups is 1. The normalized spacial score (nSPS) is 10.3. The standard InChI is InChI=1S/C17H18ClNO3/c1-2-21-10-11-22-14-7-5-6-13(12-14)17(20)19-16-9-4-3-8-15(16)18/h3-9,12H,2,10-11H2,1H3,(H,19,20). The van der Waals surface area contributed by atoms with E-state index in [1.165, 1.54) is 0 Å². The molecule has 0 bridgehead atoms. The van der Waals surface area contributed by atoms with Gasteiger partial charge in [-0.1, -0.05) is 29.8 Å². The fraction of sp³-hybridized carbons (Fsp3) is 0.235. The van der Waals surface area contributed by atoms with E-state index in [9.17, 15) is 4.79 Å². The molecule has 2 rings (SSSR count). The lowest BCUT2D eigenvalue weighted by atomic mass is 10.2. The maximum atomic E-state index is 12.2. The quantitative estimate of drug-likeness (QED) is 0.784. The zero-order valence-electron chi connectivity index (χ0n) is 12.3. The average Bonchev–Trinajstić information content (AvgIpc) is 2.54. The Morgan fingerprint density at radius 1 is 1.14 bits per heavy atom. The van der Waals surface area contributed by atoms with E-state index < -0.39 is 0 Å². The SMILES string of the molecule is CCOCCOc1cccc(C(=O)Nc2ccccc2Cl)c1. The smallest absolute Gasteiger partial charge is 0.255 e. The molecule has 0 fully saturated rings. The van der Waals surface area contributed by atoms with Crippen molar-refractivity contribution in [3.8, 4) is 5.75 Å². The molecule has 0 aliphatic rings. The van der Waals surface area contributed by atoms with Gasteiger partial charge < -0.3 is 14.8 Å². The first-order valence-corrected chi connectivity index (χ1v) is 7.45. The van der Waals surface area contributed by atoms with Gasteiger partial charge >= 0.3 is 0 Å². The van der Waals surface area contributed by atoms with Crippen molar-refractivity contribution in [2.45, 2.75) is 6.92 Å². The Morgan fingerprint density at radius 3 is 2.73 bits per heavy atom. The van der Waals surface area contributed by atoms with E-state index in [0.717, 1.165) is 0 Å². The highest BCUT2D eigenvalue weighted by atomic mass is 35.5. The summed E-state index contributed by atoms with van der Waals surface area (Å²) in [5.74, 6) is 0.398. The highest BCUT2D eigenvalue weighted by Crippen LogP contribution is 2.22. The number of amides is 1. The third kappa shape index (κ3) is 4.76. The van der Waals surface area contributed by atoms with Crippen molar-refractivity contribution in [3.63, 3.8) is 0 Å². The largest absolute Gasteiger partial charge is 0.491 e. The monoisotopic (exact) mass is 319 g/mol. The minimum Gasteiger partial charge on any atom is -0.491 e. The van der Waals surface area contributed by atoms with E-state index in [4.69, 9.17) is 21.1 Å². The van der Waals surface area contributed by atoms with Crippen LogP contribution in [0.1, 0.15) is 17.3 Å². The zero-order chi connectivity index (χ0) is 15.8. The highest BCUT2D eigenvalue weighted by Gasteiger charge is 2.09. The van der Waals surface area contributed by atoms with Crippen LogP contribution in [0.5, 0.6) is 5.75 Å². The number of anilines is 1. The average molecular weight is 320 g/mol. The molecule has 0 unspecified atom stereocenters. The molecule has 0 heterocycles. The predicted molar refractivity (Wildman–Crippen MR) is 87.8 cm³/mol. The molecule has 2 aromatic rings. The Balaban J connectivity index is 1.99. The van der Waals surface area contributed by atoms with E-state index in [1.807, 2.05) is 19.1 Å². The van der Waals surface area contributed by atoms with Gasteiger partial charge in [-0.05, 0) is 37.3 Å². The second kappa shape index (κ2) is 8.41. The second-order valence-corrected chi connectivity index (χ2v) is 4.91. The number of benzene rings is 2. The maximum Gasteiger partial charge on any atom is 0.255 e. The Hall–Kier alpha value is -2.04. The van der Waals surface area contributed by atoms with Gasteiger partial charge in [-0.2, -0.15) is 0 Å². The number of nitrogens with one attached hydrogen (secondary N) is 1. The van der Waals surface area contributed by atoms with Crippen LogP contribution < -0.4 is 10.1 Å². The number of halogens is 1. The molecule has 4 nitrogen and oxygen atoms in total. The third-order valence-corrected chi connectivity index (χ3v) is 3.25. The van der Waals surface area contributed by atoms with Crippen molar-refractivity contribution < 1.29 is 14.3 Å². The number of para-hydroxylation sites is 1. The number of ether oxygens (including phenoxy) is 2. The molecular formula is C17H18ClNO3. The summed E-state index contributed by atoms with van der Waals surface area (Å²) in [5, 5.41) is 3.28. The molecule has 0 saturated carbocycles. The van der Waals surface area contributed by atoms with Crippen LogP contribution in [0.4, 0.5) is 5.69 Å². The molecule has 2 aromatic carbocycles.